The topological polar surface area (TPSA) is 29.3 Å². The van der Waals surface area contributed by atoms with E-state index < -0.39 is 0 Å². The Bertz CT molecular complexity index is 413. The second kappa shape index (κ2) is 7.75. The number of hydrogen-bond donors (Lipinski definition) is 1. The molecule has 114 valence electrons. The third-order valence-corrected chi connectivity index (χ3v) is 4.00. The molecule has 0 heterocycles. The van der Waals surface area contributed by atoms with Gasteiger partial charge in [-0.1, -0.05) is 26.0 Å². The van der Waals surface area contributed by atoms with Gasteiger partial charge in [0.25, 0.3) is 0 Å². The van der Waals surface area contributed by atoms with Crippen LogP contribution in [-0.4, -0.2) is 30.1 Å². The minimum absolute atomic E-state index is 0.0592. The lowest BCUT2D eigenvalue weighted by Gasteiger charge is -2.41. The first-order valence-corrected chi connectivity index (χ1v) is 7.67. The van der Waals surface area contributed by atoms with Crippen LogP contribution in [0.4, 0.5) is 4.39 Å². The number of benzene rings is 1. The summed E-state index contributed by atoms with van der Waals surface area (Å²) >= 11 is 0. The summed E-state index contributed by atoms with van der Waals surface area (Å²) in [4.78, 5) is 2.48. The highest BCUT2D eigenvalue weighted by atomic mass is 19.1. The molecule has 0 radical (unpaired) electrons. The molecule has 20 heavy (non-hydrogen) atoms. The van der Waals surface area contributed by atoms with Crippen LogP contribution in [0.2, 0.25) is 0 Å². The molecule has 1 aromatic rings. The molecule has 0 saturated heterocycles. The van der Waals surface area contributed by atoms with Crippen LogP contribution in [0.15, 0.2) is 18.2 Å². The molecule has 0 aliphatic rings. The maximum Gasteiger partial charge on any atom is 0.126 e. The standard InChI is InChI=1S/C17H29FN2/c1-5-9-20(10-6-2)17(4,13-19)12-15-7-8-16(18)14(3)11-15/h7-8,11H,5-6,9-10,12-13,19H2,1-4H3. The van der Waals surface area contributed by atoms with Crippen molar-refractivity contribution in [2.45, 2.75) is 52.5 Å². The quantitative estimate of drug-likeness (QED) is 0.789. The number of aryl methyl sites for hydroxylation is 1. The maximum atomic E-state index is 13.4. The molecule has 1 atom stereocenters. The molecule has 0 spiro atoms. The first-order chi connectivity index (χ1) is 9.46. The Balaban J connectivity index is 2.93. The van der Waals surface area contributed by atoms with Crippen LogP contribution < -0.4 is 5.73 Å². The molecule has 0 saturated carbocycles. The molecule has 0 fully saturated rings. The largest absolute Gasteiger partial charge is 0.329 e. The fourth-order valence-corrected chi connectivity index (χ4v) is 2.76. The highest BCUT2D eigenvalue weighted by molar-refractivity contribution is 5.25. The Morgan fingerprint density at radius 3 is 2.25 bits per heavy atom. The number of rotatable bonds is 8. The Labute approximate surface area is 123 Å². The molecule has 0 aromatic heterocycles. The molecular formula is C17H29FN2. The van der Waals surface area contributed by atoms with Gasteiger partial charge in [0.2, 0.25) is 0 Å². The molecular weight excluding hydrogens is 251 g/mol. The normalized spacial score (nSPS) is 14.6. The summed E-state index contributed by atoms with van der Waals surface area (Å²) in [5, 5.41) is 0. The van der Waals surface area contributed by atoms with E-state index in [4.69, 9.17) is 5.73 Å². The van der Waals surface area contributed by atoms with Gasteiger partial charge in [-0.2, -0.15) is 0 Å². The van der Waals surface area contributed by atoms with Gasteiger partial charge in [-0.15, -0.1) is 0 Å². The van der Waals surface area contributed by atoms with E-state index in [1.807, 2.05) is 19.1 Å². The molecule has 2 N–H and O–H groups in total. The maximum absolute atomic E-state index is 13.4. The summed E-state index contributed by atoms with van der Waals surface area (Å²) in [6.45, 7) is 11.2. The third-order valence-electron chi connectivity index (χ3n) is 4.00. The van der Waals surface area contributed by atoms with Crippen molar-refractivity contribution in [3.63, 3.8) is 0 Å². The van der Waals surface area contributed by atoms with Crippen LogP contribution in [0.25, 0.3) is 0 Å². The second-order valence-corrected chi connectivity index (χ2v) is 5.95. The van der Waals surface area contributed by atoms with E-state index >= 15 is 0 Å². The lowest BCUT2D eigenvalue weighted by molar-refractivity contribution is 0.110. The zero-order valence-corrected chi connectivity index (χ0v) is 13.4. The van der Waals surface area contributed by atoms with Gasteiger partial charge in [-0.3, -0.25) is 4.90 Å². The SMILES string of the molecule is CCCN(CCC)C(C)(CN)Cc1ccc(F)c(C)c1. The summed E-state index contributed by atoms with van der Waals surface area (Å²) in [6.07, 6.45) is 3.11. The fourth-order valence-electron chi connectivity index (χ4n) is 2.76. The zero-order chi connectivity index (χ0) is 15.2. The molecule has 1 unspecified atom stereocenters. The number of halogens is 1. The van der Waals surface area contributed by atoms with Crippen LogP contribution in [0, 0.1) is 12.7 Å². The van der Waals surface area contributed by atoms with Crippen LogP contribution in [0.3, 0.4) is 0 Å². The smallest absolute Gasteiger partial charge is 0.126 e. The van der Waals surface area contributed by atoms with Crippen LogP contribution >= 0.6 is 0 Å². The van der Waals surface area contributed by atoms with Gasteiger partial charge >= 0.3 is 0 Å². The number of nitrogens with zero attached hydrogens (tertiary/aromatic N) is 1. The number of nitrogens with two attached hydrogens (primary N) is 1. The molecule has 0 aliphatic carbocycles. The van der Waals surface area contributed by atoms with Gasteiger partial charge in [-0.05, 0) is 63.4 Å². The van der Waals surface area contributed by atoms with E-state index in [0.717, 1.165) is 37.9 Å². The predicted molar refractivity (Wildman–Crippen MR) is 84.5 cm³/mol. The van der Waals surface area contributed by atoms with Crippen molar-refractivity contribution in [2.24, 2.45) is 5.73 Å². The van der Waals surface area contributed by atoms with Gasteiger partial charge in [-0.25, -0.2) is 4.39 Å². The first-order valence-electron chi connectivity index (χ1n) is 7.67. The number of hydrogen-bond acceptors (Lipinski definition) is 2. The lowest BCUT2D eigenvalue weighted by atomic mass is 9.89. The van der Waals surface area contributed by atoms with Crippen LogP contribution in [-0.2, 0) is 6.42 Å². The molecule has 1 rings (SSSR count). The fraction of sp³-hybridized carbons (Fsp3) is 0.647. The summed E-state index contributed by atoms with van der Waals surface area (Å²) in [5.74, 6) is -0.137. The van der Waals surface area contributed by atoms with Crippen molar-refractivity contribution in [3.8, 4) is 0 Å². The van der Waals surface area contributed by atoms with Crippen molar-refractivity contribution < 1.29 is 4.39 Å². The van der Waals surface area contributed by atoms with Gasteiger partial charge < -0.3 is 5.73 Å². The predicted octanol–water partition coefficient (Wildman–Crippen LogP) is 3.52. The summed E-state index contributed by atoms with van der Waals surface area (Å²) < 4.78 is 13.4. The van der Waals surface area contributed by atoms with Crippen molar-refractivity contribution in [3.05, 3.63) is 35.1 Å². The first kappa shape index (κ1) is 17.1. The van der Waals surface area contributed by atoms with Gasteiger partial charge in [0, 0.05) is 12.1 Å². The molecule has 0 amide bonds. The lowest BCUT2D eigenvalue weighted by Crippen LogP contribution is -2.53. The van der Waals surface area contributed by atoms with E-state index in [2.05, 4.69) is 25.7 Å². The van der Waals surface area contributed by atoms with E-state index in [-0.39, 0.29) is 11.4 Å². The third kappa shape index (κ3) is 4.29. The van der Waals surface area contributed by atoms with Gasteiger partial charge in [0.1, 0.15) is 5.82 Å². The van der Waals surface area contributed by atoms with Crippen molar-refractivity contribution in [1.82, 2.24) is 4.90 Å². The Hall–Kier alpha value is -0.930. The minimum Gasteiger partial charge on any atom is -0.329 e. The summed E-state index contributed by atoms with van der Waals surface area (Å²) in [7, 11) is 0. The van der Waals surface area contributed by atoms with E-state index in [0.29, 0.717) is 12.1 Å². The Morgan fingerprint density at radius 2 is 1.80 bits per heavy atom. The average molecular weight is 280 g/mol. The average Bonchev–Trinajstić information content (AvgIpc) is 2.42. The summed E-state index contributed by atoms with van der Waals surface area (Å²) in [5.41, 5.74) is 7.88. The Kier molecular flexibility index (Phi) is 6.63. The molecule has 0 bridgehead atoms. The Morgan fingerprint density at radius 1 is 1.20 bits per heavy atom. The van der Waals surface area contributed by atoms with Crippen LogP contribution in [0.5, 0.6) is 0 Å². The van der Waals surface area contributed by atoms with E-state index in [1.54, 1.807) is 6.07 Å². The zero-order valence-electron chi connectivity index (χ0n) is 13.4. The molecule has 1 aromatic carbocycles. The van der Waals surface area contributed by atoms with Gasteiger partial charge in [0.05, 0.1) is 0 Å². The van der Waals surface area contributed by atoms with Gasteiger partial charge in [0.15, 0.2) is 0 Å². The van der Waals surface area contributed by atoms with E-state index in [1.165, 1.54) is 0 Å². The molecule has 0 aliphatic heterocycles. The van der Waals surface area contributed by atoms with Crippen molar-refractivity contribution in [1.29, 1.82) is 0 Å². The monoisotopic (exact) mass is 280 g/mol. The van der Waals surface area contributed by atoms with Crippen molar-refractivity contribution >= 4 is 0 Å². The highest BCUT2D eigenvalue weighted by Gasteiger charge is 2.29. The summed E-state index contributed by atoms with van der Waals surface area (Å²) in [6, 6.07) is 5.39. The van der Waals surface area contributed by atoms with Crippen molar-refractivity contribution in [2.75, 3.05) is 19.6 Å². The van der Waals surface area contributed by atoms with Crippen LogP contribution in [0.1, 0.15) is 44.7 Å². The molecule has 3 heteroatoms. The van der Waals surface area contributed by atoms with E-state index in [9.17, 15) is 4.39 Å². The second-order valence-electron chi connectivity index (χ2n) is 5.95. The highest BCUT2D eigenvalue weighted by Crippen LogP contribution is 2.22. The molecule has 2 nitrogen and oxygen atoms in total. The minimum atomic E-state index is -0.137.